The molecular formula is C19H12N4O2S. The van der Waals surface area contributed by atoms with Crippen LogP contribution in [0.25, 0.3) is 17.0 Å². The highest BCUT2D eigenvalue weighted by Crippen LogP contribution is 2.30. The summed E-state index contributed by atoms with van der Waals surface area (Å²) in [5, 5.41) is 11.9. The van der Waals surface area contributed by atoms with Crippen molar-refractivity contribution < 1.29 is 9.59 Å². The summed E-state index contributed by atoms with van der Waals surface area (Å²) in [7, 11) is 0. The van der Waals surface area contributed by atoms with Gasteiger partial charge in [0.2, 0.25) is 0 Å². The number of hydrogen-bond acceptors (Lipinski definition) is 5. The molecule has 26 heavy (non-hydrogen) atoms. The minimum Gasteiger partial charge on any atom is -0.341 e. The van der Waals surface area contributed by atoms with Gasteiger partial charge in [0.05, 0.1) is 28.8 Å². The number of nitrogens with one attached hydrogen (secondary N) is 1. The summed E-state index contributed by atoms with van der Waals surface area (Å²) < 4.78 is 2.02. The number of aromatic nitrogens is 2. The number of benzene rings is 1. The molecule has 0 aliphatic carbocycles. The number of carbonyl (C=O) groups excluding carboxylic acids is 2. The van der Waals surface area contributed by atoms with Crippen molar-refractivity contribution in [3.05, 3.63) is 70.5 Å². The maximum Gasteiger partial charge on any atom is 0.290 e. The zero-order valence-corrected chi connectivity index (χ0v) is 14.3. The van der Waals surface area contributed by atoms with Gasteiger partial charge in [-0.2, -0.15) is 5.26 Å². The van der Waals surface area contributed by atoms with Gasteiger partial charge in [-0.25, -0.2) is 0 Å². The number of nitrogens with zero attached hydrogens (tertiary/aromatic N) is 3. The normalized spacial score (nSPS) is 15.4. The lowest BCUT2D eigenvalue weighted by Crippen LogP contribution is -2.17. The number of nitriles is 1. The van der Waals surface area contributed by atoms with Gasteiger partial charge in [-0.1, -0.05) is 6.07 Å². The van der Waals surface area contributed by atoms with E-state index in [1.807, 2.05) is 35.0 Å². The second-order valence-corrected chi connectivity index (χ2v) is 6.74. The Morgan fingerprint density at radius 1 is 1.27 bits per heavy atom. The molecule has 3 heterocycles. The molecule has 7 heteroatoms. The third kappa shape index (κ3) is 2.98. The summed E-state index contributed by atoms with van der Waals surface area (Å²) in [6.45, 7) is 0.560. The molecule has 1 aliphatic rings. The molecule has 126 valence electrons. The maximum absolute atomic E-state index is 11.9. The Balaban J connectivity index is 1.84. The zero-order chi connectivity index (χ0) is 18.1. The number of imide groups is 1. The van der Waals surface area contributed by atoms with E-state index >= 15 is 0 Å². The monoisotopic (exact) mass is 360 g/mol. The summed E-state index contributed by atoms with van der Waals surface area (Å²) in [6, 6.07) is 13.3. The van der Waals surface area contributed by atoms with Crippen LogP contribution in [0.15, 0.2) is 53.7 Å². The molecule has 1 aromatic carbocycles. The Bertz CT molecular complexity index is 1110. The lowest BCUT2D eigenvalue weighted by Gasteiger charge is -2.04. The molecule has 0 bridgehead atoms. The molecular weight excluding hydrogens is 348 g/mol. The van der Waals surface area contributed by atoms with Crippen molar-refractivity contribution in [3.63, 3.8) is 0 Å². The molecule has 6 nitrogen and oxygen atoms in total. The van der Waals surface area contributed by atoms with Gasteiger partial charge in [0.1, 0.15) is 0 Å². The standard InChI is InChI=1S/C19H12N4O2S/c20-9-12-4-5-16-15(7-12)13(8-17-18(24)22-19(25)26-17)10-23(16)11-14-3-1-2-6-21-14/h1-8,10H,11H2,(H,22,24,25)/b17-8-. The Morgan fingerprint density at radius 3 is 2.85 bits per heavy atom. The first kappa shape index (κ1) is 16.1. The summed E-state index contributed by atoms with van der Waals surface area (Å²) >= 11 is 0.875. The maximum atomic E-state index is 11.9. The summed E-state index contributed by atoms with van der Waals surface area (Å²) in [4.78, 5) is 27.9. The van der Waals surface area contributed by atoms with Crippen LogP contribution in [-0.2, 0) is 11.3 Å². The van der Waals surface area contributed by atoms with E-state index in [0.29, 0.717) is 17.0 Å². The van der Waals surface area contributed by atoms with E-state index in [0.717, 1.165) is 33.9 Å². The second kappa shape index (κ2) is 6.50. The molecule has 0 radical (unpaired) electrons. The SMILES string of the molecule is N#Cc1ccc2c(c1)c(/C=C1\SC(=O)NC1=O)cn2Cc1ccccn1. The first-order valence-corrected chi connectivity index (χ1v) is 8.63. The van der Waals surface area contributed by atoms with Crippen molar-refractivity contribution in [1.82, 2.24) is 14.9 Å². The molecule has 0 spiro atoms. The predicted molar refractivity (Wildman–Crippen MR) is 99.1 cm³/mol. The number of fused-ring (bicyclic) bond motifs is 1. The third-order valence-electron chi connectivity index (χ3n) is 4.03. The van der Waals surface area contributed by atoms with Crippen molar-refractivity contribution >= 4 is 39.9 Å². The molecule has 1 fully saturated rings. The van der Waals surface area contributed by atoms with Crippen molar-refractivity contribution in [2.45, 2.75) is 6.54 Å². The number of hydrogen-bond donors (Lipinski definition) is 1. The molecule has 2 aromatic heterocycles. The molecule has 2 amide bonds. The van der Waals surface area contributed by atoms with E-state index in [1.165, 1.54) is 0 Å². The van der Waals surface area contributed by atoms with Crippen LogP contribution >= 0.6 is 11.8 Å². The Labute approximate surface area is 153 Å². The molecule has 4 rings (SSSR count). The van der Waals surface area contributed by atoms with E-state index in [4.69, 9.17) is 0 Å². The molecule has 1 saturated heterocycles. The van der Waals surface area contributed by atoms with Gasteiger partial charge >= 0.3 is 0 Å². The van der Waals surface area contributed by atoms with Crippen LogP contribution in [0.4, 0.5) is 4.79 Å². The highest BCUT2D eigenvalue weighted by atomic mass is 32.2. The summed E-state index contributed by atoms with van der Waals surface area (Å²) in [6.07, 6.45) is 5.33. The van der Waals surface area contributed by atoms with Gasteiger partial charge in [0.25, 0.3) is 11.1 Å². The fourth-order valence-electron chi connectivity index (χ4n) is 2.87. The fourth-order valence-corrected chi connectivity index (χ4v) is 3.54. The minimum absolute atomic E-state index is 0.342. The van der Waals surface area contributed by atoms with Crippen molar-refractivity contribution in [2.75, 3.05) is 0 Å². The van der Waals surface area contributed by atoms with Gasteiger partial charge in [0, 0.05) is 28.9 Å². The lowest BCUT2D eigenvalue weighted by atomic mass is 10.1. The third-order valence-corrected chi connectivity index (χ3v) is 4.84. The average molecular weight is 360 g/mol. The van der Waals surface area contributed by atoms with Gasteiger partial charge in [-0.15, -0.1) is 0 Å². The Hall–Kier alpha value is -3.37. The number of thioether (sulfide) groups is 1. The smallest absolute Gasteiger partial charge is 0.290 e. The van der Waals surface area contributed by atoms with E-state index in [-0.39, 0.29) is 5.24 Å². The number of amides is 2. The topological polar surface area (TPSA) is 87.8 Å². The van der Waals surface area contributed by atoms with Gasteiger partial charge in [0.15, 0.2) is 0 Å². The number of carbonyl (C=O) groups is 2. The molecule has 0 saturated carbocycles. The molecule has 1 aliphatic heterocycles. The van der Waals surface area contributed by atoms with E-state index in [2.05, 4.69) is 16.4 Å². The molecule has 0 unspecified atom stereocenters. The number of pyridine rings is 1. The lowest BCUT2D eigenvalue weighted by molar-refractivity contribution is -0.115. The minimum atomic E-state index is -0.401. The van der Waals surface area contributed by atoms with Crippen LogP contribution < -0.4 is 5.32 Å². The summed E-state index contributed by atoms with van der Waals surface area (Å²) in [5.41, 5.74) is 3.14. The van der Waals surface area contributed by atoms with Crippen LogP contribution in [0.2, 0.25) is 0 Å². The molecule has 3 aromatic rings. The quantitative estimate of drug-likeness (QED) is 0.724. The van der Waals surface area contributed by atoms with E-state index < -0.39 is 5.91 Å². The van der Waals surface area contributed by atoms with Crippen LogP contribution in [0.1, 0.15) is 16.8 Å². The average Bonchev–Trinajstić information content (AvgIpc) is 3.15. The largest absolute Gasteiger partial charge is 0.341 e. The van der Waals surface area contributed by atoms with Gasteiger partial charge < -0.3 is 4.57 Å². The van der Waals surface area contributed by atoms with Crippen LogP contribution in [-0.4, -0.2) is 20.7 Å². The fraction of sp³-hybridized carbons (Fsp3) is 0.0526. The Kier molecular flexibility index (Phi) is 4.03. The first-order valence-electron chi connectivity index (χ1n) is 7.82. The first-order chi connectivity index (χ1) is 12.6. The van der Waals surface area contributed by atoms with Crippen LogP contribution in [0.5, 0.6) is 0 Å². The van der Waals surface area contributed by atoms with Crippen molar-refractivity contribution in [2.24, 2.45) is 0 Å². The molecule has 0 atom stereocenters. The van der Waals surface area contributed by atoms with Gasteiger partial charge in [-0.3, -0.25) is 19.9 Å². The van der Waals surface area contributed by atoms with Crippen molar-refractivity contribution in [1.29, 1.82) is 5.26 Å². The highest BCUT2D eigenvalue weighted by molar-refractivity contribution is 8.18. The van der Waals surface area contributed by atoms with E-state index in [9.17, 15) is 14.9 Å². The molecule has 1 N–H and O–H groups in total. The second-order valence-electron chi connectivity index (χ2n) is 5.73. The van der Waals surface area contributed by atoms with E-state index in [1.54, 1.807) is 24.4 Å². The highest BCUT2D eigenvalue weighted by Gasteiger charge is 2.25. The summed E-state index contributed by atoms with van der Waals surface area (Å²) in [5.74, 6) is -0.401. The van der Waals surface area contributed by atoms with Gasteiger partial charge in [-0.05, 0) is 48.2 Å². The number of rotatable bonds is 3. The van der Waals surface area contributed by atoms with Crippen LogP contribution in [0, 0.1) is 11.3 Å². The Morgan fingerprint density at radius 2 is 2.15 bits per heavy atom. The predicted octanol–water partition coefficient (Wildman–Crippen LogP) is 3.28. The van der Waals surface area contributed by atoms with Crippen LogP contribution in [0.3, 0.4) is 0 Å². The zero-order valence-electron chi connectivity index (χ0n) is 13.5. The van der Waals surface area contributed by atoms with Crippen molar-refractivity contribution in [3.8, 4) is 6.07 Å².